The topological polar surface area (TPSA) is 58.8 Å². The highest BCUT2D eigenvalue weighted by atomic mass is 16.5. The molecule has 0 bridgehead atoms. The first-order valence-electron chi connectivity index (χ1n) is 8.54. The summed E-state index contributed by atoms with van der Waals surface area (Å²) in [5.74, 6) is 2.58. The summed E-state index contributed by atoms with van der Waals surface area (Å²) in [6, 6.07) is 4.08. The van der Waals surface area contributed by atoms with Crippen LogP contribution in [0.5, 0.6) is 0 Å². The molecule has 0 radical (unpaired) electrons. The van der Waals surface area contributed by atoms with E-state index in [1.807, 2.05) is 17.5 Å². The molecule has 2 aromatic heterocycles. The Balaban J connectivity index is 1.46. The molecule has 0 N–H and O–H groups in total. The van der Waals surface area contributed by atoms with Crippen molar-refractivity contribution in [2.45, 2.75) is 19.8 Å². The molecule has 2 aliphatic heterocycles. The fraction of sp³-hybridized carbons (Fsp3) is 0.688. The minimum atomic E-state index is 0.710. The predicted molar refractivity (Wildman–Crippen MR) is 87.7 cm³/mol. The average Bonchev–Trinajstić information content (AvgIpc) is 2.97. The number of hydrogen-bond donors (Lipinski definition) is 0. The van der Waals surface area contributed by atoms with Crippen LogP contribution in [-0.4, -0.2) is 70.6 Å². The molecule has 0 spiro atoms. The molecule has 2 saturated heterocycles. The maximum absolute atomic E-state index is 5.45. The van der Waals surface area contributed by atoms with E-state index >= 15 is 0 Å². The standard InChI is InChI=1S/C16H24N6O/c1-13-17-18-15-4-5-16(19-22(13)15)21-6-2-3-14(12-21)11-20-7-9-23-10-8-20/h4-5,14H,2-3,6-12H2,1H3. The third-order valence-electron chi connectivity index (χ3n) is 4.87. The second-order valence-corrected chi connectivity index (χ2v) is 6.58. The molecule has 2 aliphatic rings. The van der Waals surface area contributed by atoms with Crippen LogP contribution < -0.4 is 4.90 Å². The van der Waals surface area contributed by atoms with Gasteiger partial charge in [0.05, 0.1) is 13.2 Å². The molecule has 4 heterocycles. The zero-order valence-corrected chi connectivity index (χ0v) is 13.7. The van der Waals surface area contributed by atoms with E-state index in [1.54, 1.807) is 0 Å². The van der Waals surface area contributed by atoms with E-state index in [9.17, 15) is 0 Å². The molecule has 7 heteroatoms. The summed E-state index contributed by atoms with van der Waals surface area (Å²) in [7, 11) is 0. The van der Waals surface area contributed by atoms with Crippen molar-refractivity contribution in [3.63, 3.8) is 0 Å². The van der Waals surface area contributed by atoms with Gasteiger partial charge in [0.2, 0.25) is 0 Å². The van der Waals surface area contributed by atoms with Gasteiger partial charge < -0.3 is 9.64 Å². The number of aryl methyl sites for hydroxylation is 1. The van der Waals surface area contributed by atoms with Crippen LogP contribution >= 0.6 is 0 Å². The minimum absolute atomic E-state index is 0.710. The van der Waals surface area contributed by atoms with Crippen molar-refractivity contribution in [2.75, 3.05) is 50.8 Å². The molecule has 1 atom stereocenters. The lowest BCUT2D eigenvalue weighted by molar-refractivity contribution is 0.0296. The van der Waals surface area contributed by atoms with Crippen molar-refractivity contribution in [1.29, 1.82) is 0 Å². The Bertz CT molecular complexity index is 666. The first-order chi connectivity index (χ1) is 11.3. The Morgan fingerprint density at radius 2 is 2.04 bits per heavy atom. The van der Waals surface area contributed by atoms with Gasteiger partial charge in [0, 0.05) is 32.7 Å². The monoisotopic (exact) mass is 316 g/mol. The molecular weight excluding hydrogens is 292 g/mol. The summed E-state index contributed by atoms with van der Waals surface area (Å²) < 4.78 is 7.28. The van der Waals surface area contributed by atoms with Gasteiger partial charge in [-0.15, -0.1) is 15.3 Å². The quantitative estimate of drug-likeness (QED) is 0.841. The molecule has 7 nitrogen and oxygen atoms in total. The van der Waals surface area contributed by atoms with Gasteiger partial charge in [-0.25, -0.2) is 0 Å². The highest BCUT2D eigenvalue weighted by molar-refractivity contribution is 5.46. The average molecular weight is 316 g/mol. The summed E-state index contributed by atoms with van der Waals surface area (Å²) in [5.41, 5.74) is 0.813. The third-order valence-corrected chi connectivity index (χ3v) is 4.87. The predicted octanol–water partition coefficient (Wildman–Crippen LogP) is 0.981. The van der Waals surface area contributed by atoms with Gasteiger partial charge in [0.1, 0.15) is 5.82 Å². The van der Waals surface area contributed by atoms with Crippen LogP contribution in [0.4, 0.5) is 5.82 Å². The molecule has 0 aromatic carbocycles. The van der Waals surface area contributed by atoms with Crippen molar-refractivity contribution < 1.29 is 4.74 Å². The molecule has 2 aromatic rings. The molecule has 0 amide bonds. The third kappa shape index (κ3) is 3.16. The number of fused-ring (bicyclic) bond motifs is 1. The highest BCUT2D eigenvalue weighted by Crippen LogP contribution is 2.23. The largest absolute Gasteiger partial charge is 0.379 e. The van der Waals surface area contributed by atoms with Gasteiger partial charge >= 0.3 is 0 Å². The number of piperidine rings is 1. The van der Waals surface area contributed by atoms with Gasteiger partial charge in [-0.1, -0.05) is 0 Å². The van der Waals surface area contributed by atoms with Crippen LogP contribution in [0.3, 0.4) is 0 Å². The molecule has 0 saturated carbocycles. The molecule has 1 unspecified atom stereocenters. The molecule has 0 aliphatic carbocycles. The first-order valence-corrected chi connectivity index (χ1v) is 8.54. The summed E-state index contributed by atoms with van der Waals surface area (Å²) in [6.45, 7) is 9.17. The SMILES string of the molecule is Cc1nnc2ccc(N3CCCC(CN4CCOCC4)C3)nn12. The fourth-order valence-electron chi connectivity index (χ4n) is 3.63. The number of rotatable bonds is 3. The maximum Gasteiger partial charge on any atom is 0.178 e. The van der Waals surface area contributed by atoms with E-state index in [2.05, 4.69) is 26.1 Å². The van der Waals surface area contributed by atoms with Gasteiger partial charge in [-0.3, -0.25) is 4.90 Å². The summed E-state index contributed by atoms with van der Waals surface area (Å²) in [5, 5.41) is 12.9. The number of anilines is 1. The number of ether oxygens (including phenoxy) is 1. The Morgan fingerprint density at radius 3 is 2.91 bits per heavy atom. The number of nitrogens with zero attached hydrogens (tertiary/aromatic N) is 6. The second-order valence-electron chi connectivity index (χ2n) is 6.58. The maximum atomic E-state index is 5.45. The Morgan fingerprint density at radius 1 is 1.17 bits per heavy atom. The van der Waals surface area contributed by atoms with Gasteiger partial charge in [-0.2, -0.15) is 4.52 Å². The summed E-state index contributed by atoms with van der Waals surface area (Å²) >= 11 is 0. The van der Waals surface area contributed by atoms with Crippen LogP contribution in [0.25, 0.3) is 5.65 Å². The van der Waals surface area contributed by atoms with Crippen LogP contribution in [0.1, 0.15) is 18.7 Å². The smallest absolute Gasteiger partial charge is 0.178 e. The van der Waals surface area contributed by atoms with Crippen molar-refractivity contribution in [3.8, 4) is 0 Å². The van der Waals surface area contributed by atoms with E-state index < -0.39 is 0 Å². The lowest BCUT2D eigenvalue weighted by Crippen LogP contribution is -2.44. The lowest BCUT2D eigenvalue weighted by Gasteiger charge is -2.37. The lowest BCUT2D eigenvalue weighted by atomic mass is 9.97. The van der Waals surface area contributed by atoms with E-state index in [0.29, 0.717) is 5.92 Å². The van der Waals surface area contributed by atoms with Gasteiger partial charge in [-0.05, 0) is 37.8 Å². The van der Waals surface area contributed by atoms with Gasteiger partial charge in [0.25, 0.3) is 0 Å². The van der Waals surface area contributed by atoms with Crippen LogP contribution in [0.15, 0.2) is 12.1 Å². The Hall–Kier alpha value is -1.73. The summed E-state index contributed by atoms with van der Waals surface area (Å²) in [4.78, 5) is 4.95. The normalized spacial score (nSPS) is 23.5. The van der Waals surface area contributed by atoms with Crippen LogP contribution in [0.2, 0.25) is 0 Å². The van der Waals surface area contributed by atoms with Crippen LogP contribution in [0, 0.1) is 12.8 Å². The van der Waals surface area contributed by atoms with E-state index in [4.69, 9.17) is 9.84 Å². The number of morpholine rings is 1. The molecule has 2 fully saturated rings. The highest BCUT2D eigenvalue weighted by Gasteiger charge is 2.24. The second kappa shape index (κ2) is 6.41. The van der Waals surface area contributed by atoms with E-state index in [-0.39, 0.29) is 0 Å². The van der Waals surface area contributed by atoms with Crippen molar-refractivity contribution in [2.24, 2.45) is 5.92 Å². The minimum Gasteiger partial charge on any atom is -0.379 e. The molecule has 4 rings (SSSR count). The molecule has 124 valence electrons. The zero-order valence-electron chi connectivity index (χ0n) is 13.7. The Kier molecular flexibility index (Phi) is 4.13. The van der Waals surface area contributed by atoms with E-state index in [1.165, 1.54) is 19.4 Å². The number of aromatic nitrogens is 4. The van der Waals surface area contributed by atoms with Crippen LogP contribution in [-0.2, 0) is 4.74 Å². The fourth-order valence-corrected chi connectivity index (χ4v) is 3.63. The Labute approximate surface area is 136 Å². The van der Waals surface area contributed by atoms with Crippen molar-refractivity contribution in [3.05, 3.63) is 18.0 Å². The molecular formula is C16H24N6O. The van der Waals surface area contributed by atoms with Gasteiger partial charge in [0.15, 0.2) is 11.5 Å². The first kappa shape index (κ1) is 14.8. The van der Waals surface area contributed by atoms with Crippen molar-refractivity contribution in [1.82, 2.24) is 24.7 Å². The number of hydrogen-bond acceptors (Lipinski definition) is 6. The van der Waals surface area contributed by atoms with Crippen molar-refractivity contribution >= 4 is 11.5 Å². The van der Waals surface area contributed by atoms with E-state index in [0.717, 1.165) is 56.7 Å². The zero-order chi connectivity index (χ0) is 15.6. The molecule has 23 heavy (non-hydrogen) atoms. The summed E-state index contributed by atoms with van der Waals surface area (Å²) in [6.07, 6.45) is 2.54.